The van der Waals surface area contributed by atoms with Gasteiger partial charge in [-0.3, -0.25) is 9.59 Å². The van der Waals surface area contributed by atoms with Crippen LogP contribution in [0.4, 0.5) is 5.69 Å². The normalized spacial score (nSPS) is 11.4. The molecule has 0 saturated heterocycles. The molecule has 2 amide bonds. The van der Waals surface area contributed by atoms with Gasteiger partial charge < -0.3 is 14.6 Å². The van der Waals surface area contributed by atoms with Crippen LogP contribution >= 0.6 is 0 Å². The third kappa shape index (κ3) is 4.56. The van der Waals surface area contributed by atoms with E-state index in [1.54, 1.807) is 0 Å². The van der Waals surface area contributed by atoms with Crippen molar-refractivity contribution in [1.82, 2.24) is 9.29 Å². The number of anilines is 1. The van der Waals surface area contributed by atoms with Gasteiger partial charge in [-0.2, -0.15) is 0 Å². The predicted molar refractivity (Wildman–Crippen MR) is 119 cm³/mol. The summed E-state index contributed by atoms with van der Waals surface area (Å²) >= 11 is 0. The summed E-state index contributed by atoms with van der Waals surface area (Å²) in [6.07, 6.45) is 0. The number of fused-ring (bicyclic) bond motifs is 1. The van der Waals surface area contributed by atoms with E-state index >= 15 is 0 Å². The number of sulfonamides is 1. The van der Waals surface area contributed by atoms with E-state index in [0.29, 0.717) is 24.5 Å². The van der Waals surface area contributed by atoms with Gasteiger partial charge >= 0.3 is 0 Å². The summed E-state index contributed by atoms with van der Waals surface area (Å²) in [5, 5.41) is 3.76. The molecule has 164 valence electrons. The number of nitrogens with one attached hydrogen (secondary N) is 2. The van der Waals surface area contributed by atoms with Crippen molar-refractivity contribution in [1.29, 1.82) is 0 Å². The SMILES string of the molecule is CCOc1ccc2c(c1)c(C)c(C(=O)Nc1ccc(S(=O)(=O)NC(C)=O)cc1)n2CC. The number of benzene rings is 2. The Morgan fingerprint density at radius 3 is 2.32 bits per heavy atom. The van der Waals surface area contributed by atoms with Crippen molar-refractivity contribution >= 4 is 38.4 Å². The third-order valence-corrected chi connectivity index (χ3v) is 6.28. The number of ether oxygens (including phenoxy) is 1. The summed E-state index contributed by atoms with van der Waals surface area (Å²) in [5.74, 6) is -0.229. The molecule has 3 aromatic rings. The second-order valence-electron chi connectivity index (χ2n) is 6.97. The van der Waals surface area contributed by atoms with Crippen LogP contribution in [-0.4, -0.2) is 31.4 Å². The fraction of sp³-hybridized carbons (Fsp3) is 0.273. The van der Waals surface area contributed by atoms with E-state index in [-0.39, 0.29) is 10.8 Å². The van der Waals surface area contributed by atoms with E-state index in [4.69, 9.17) is 4.74 Å². The van der Waals surface area contributed by atoms with Gasteiger partial charge in [0.15, 0.2) is 0 Å². The minimum absolute atomic E-state index is 0.0667. The lowest BCUT2D eigenvalue weighted by atomic mass is 10.1. The number of hydrogen-bond acceptors (Lipinski definition) is 5. The van der Waals surface area contributed by atoms with E-state index < -0.39 is 15.9 Å². The van der Waals surface area contributed by atoms with Crippen molar-refractivity contribution < 1.29 is 22.7 Å². The largest absolute Gasteiger partial charge is 0.494 e. The number of carbonyl (C=O) groups excluding carboxylic acids is 2. The molecule has 3 rings (SSSR count). The Bertz CT molecular complexity index is 1240. The third-order valence-electron chi connectivity index (χ3n) is 4.83. The minimum atomic E-state index is -3.93. The number of carbonyl (C=O) groups is 2. The highest BCUT2D eigenvalue weighted by atomic mass is 32.2. The summed E-state index contributed by atoms with van der Waals surface area (Å²) in [6.45, 7) is 8.06. The van der Waals surface area contributed by atoms with Crippen LogP contribution in [0.2, 0.25) is 0 Å². The molecule has 31 heavy (non-hydrogen) atoms. The first-order valence-corrected chi connectivity index (χ1v) is 11.4. The number of aromatic nitrogens is 1. The van der Waals surface area contributed by atoms with E-state index in [2.05, 4.69) is 5.32 Å². The van der Waals surface area contributed by atoms with Crippen molar-refractivity contribution in [2.75, 3.05) is 11.9 Å². The summed E-state index contributed by atoms with van der Waals surface area (Å²) < 4.78 is 33.6. The molecule has 0 fully saturated rings. The zero-order valence-corrected chi connectivity index (χ0v) is 18.7. The maximum absolute atomic E-state index is 13.1. The van der Waals surface area contributed by atoms with Crippen LogP contribution in [0, 0.1) is 6.92 Å². The zero-order valence-electron chi connectivity index (χ0n) is 17.9. The van der Waals surface area contributed by atoms with Crippen molar-refractivity contribution in [2.45, 2.75) is 39.1 Å². The predicted octanol–water partition coefficient (Wildman–Crippen LogP) is 3.45. The zero-order chi connectivity index (χ0) is 22.8. The summed E-state index contributed by atoms with van der Waals surface area (Å²) in [6, 6.07) is 11.4. The Labute approximate surface area is 181 Å². The van der Waals surface area contributed by atoms with Crippen LogP contribution in [0.3, 0.4) is 0 Å². The highest BCUT2D eigenvalue weighted by Crippen LogP contribution is 2.30. The first kappa shape index (κ1) is 22.4. The van der Waals surface area contributed by atoms with E-state index in [1.807, 2.05) is 48.3 Å². The minimum Gasteiger partial charge on any atom is -0.494 e. The van der Waals surface area contributed by atoms with Crippen molar-refractivity contribution in [3.8, 4) is 5.75 Å². The number of hydrogen-bond donors (Lipinski definition) is 2. The smallest absolute Gasteiger partial charge is 0.272 e. The van der Waals surface area contributed by atoms with Gasteiger partial charge in [0.1, 0.15) is 11.4 Å². The molecule has 8 nitrogen and oxygen atoms in total. The molecule has 0 aliphatic carbocycles. The van der Waals surface area contributed by atoms with E-state index in [0.717, 1.165) is 29.1 Å². The molecule has 0 radical (unpaired) electrons. The molecule has 0 saturated carbocycles. The van der Waals surface area contributed by atoms with Gasteiger partial charge in [-0.25, -0.2) is 13.1 Å². The van der Waals surface area contributed by atoms with Crippen LogP contribution in [-0.2, 0) is 21.4 Å². The molecule has 0 bridgehead atoms. The molecule has 9 heteroatoms. The lowest BCUT2D eigenvalue weighted by molar-refractivity contribution is -0.117. The molecule has 0 unspecified atom stereocenters. The summed E-state index contributed by atoms with van der Waals surface area (Å²) in [7, 11) is -3.93. The lowest BCUT2D eigenvalue weighted by Crippen LogP contribution is -2.28. The molecule has 1 heterocycles. The van der Waals surface area contributed by atoms with Gasteiger partial charge in [0.05, 0.1) is 11.5 Å². The number of amides is 2. The van der Waals surface area contributed by atoms with Crippen LogP contribution in [0.5, 0.6) is 5.75 Å². The molecule has 0 spiro atoms. The average Bonchev–Trinajstić information content (AvgIpc) is 2.99. The van der Waals surface area contributed by atoms with Crippen molar-refractivity contribution in [2.24, 2.45) is 0 Å². The molecule has 0 aliphatic heterocycles. The standard InChI is InChI=1S/C22H25N3O5S/c1-5-25-20-12-9-17(30-6-2)13-19(20)14(3)21(25)22(27)23-16-7-10-18(11-8-16)31(28,29)24-15(4)26/h7-13H,5-6H2,1-4H3,(H,23,27)(H,24,26). The van der Waals surface area contributed by atoms with Gasteiger partial charge in [0, 0.05) is 30.1 Å². The first-order valence-electron chi connectivity index (χ1n) is 9.88. The monoisotopic (exact) mass is 443 g/mol. The van der Waals surface area contributed by atoms with Crippen LogP contribution in [0.1, 0.15) is 36.8 Å². The maximum Gasteiger partial charge on any atom is 0.272 e. The Hall–Kier alpha value is -3.33. The maximum atomic E-state index is 13.1. The Balaban J connectivity index is 1.91. The average molecular weight is 444 g/mol. The highest BCUT2D eigenvalue weighted by molar-refractivity contribution is 7.90. The number of rotatable bonds is 7. The lowest BCUT2D eigenvalue weighted by Gasteiger charge is -2.11. The fourth-order valence-electron chi connectivity index (χ4n) is 3.53. The number of nitrogens with zero attached hydrogens (tertiary/aromatic N) is 1. The van der Waals surface area contributed by atoms with Gasteiger partial charge in [0.25, 0.3) is 15.9 Å². The first-order chi connectivity index (χ1) is 14.7. The number of aryl methyl sites for hydroxylation is 2. The quantitative estimate of drug-likeness (QED) is 0.582. The second kappa shape index (κ2) is 8.81. The summed E-state index contributed by atoms with van der Waals surface area (Å²) in [5.41, 5.74) is 2.74. The van der Waals surface area contributed by atoms with Gasteiger partial charge in [-0.1, -0.05) is 0 Å². The Morgan fingerprint density at radius 1 is 1.06 bits per heavy atom. The highest BCUT2D eigenvalue weighted by Gasteiger charge is 2.21. The molecular weight excluding hydrogens is 418 g/mol. The fourth-order valence-corrected chi connectivity index (χ4v) is 4.53. The molecule has 2 aromatic carbocycles. The summed E-state index contributed by atoms with van der Waals surface area (Å²) in [4.78, 5) is 24.1. The van der Waals surface area contributed by atoms with Crippen molar-refractivity contribution in [3.63, 3.8) is 0 Å². The van der Waals surface area contributed by atoms with Crippen molar-refractivity contribution in [3.05, 3.63) is 53.7 Å². The Morgan fingerprint density at radius 2 is 1.74 bits per heavy atom. The Kier molecular flexibility index (Phi) is 6.35. The molecular formula is C22H25N3O5S. The molecule has 1 aromatic heterocycles. The van der Waals surface area contributed by atoms with Gasteiger partial charge in [-0.15, -0.1) is 0 Å². The molecule has 0 atom stereocenters. The van der Waals surface area contributed by atoms with Gasteiger partial charge in [0.2, 0.25) is 5.91 Å². The van der Waals surface area contributed by atoms with Gasteiger partial charge in [-0.05, 0) is 68.8 Å². The topological polar surface area (TPSA) is 106 Å². The van der Waals surface area contributed by atoms with Crippen LogP contribution < -0.4 is 14.8 Å². The second-order valence-corrected chi connectivity index (χ2v) is 8.65. The van der Waals surface area contributed by atoms with Crippen LogP contribution in [0.15, 0.2) is 47.4 Å². The molecule has 2 N–H and O–H groups in total. The molecule has 0 aliphatic rings. The van der Waals surface area contributed by atoms with E-state index in [9.17, 15) is 18.0 Å². The van der Waals surface area contributed by atoms with Crippen LogP contribution in [0.25, 0.3) is 10.9 Å². The van der Waals surface area contributed by atoms with E-state index in [1.165, 1.54) is 24.3 Å².